The lowest BCUT2D eigenvalue weighted by Crippen LogP contribution is -2.44. The summed E-state index contributed by atoms with van der Waals surface area (Å²) in [7, 11) is 2.14. The number of aliphatic imine (C=N–C) groups is 1. The summed E-state index contributed by atoms with van der Waals surface area (Å²) in [5.41, 5.74) is 4.94. The van der Waals surface area contributed by atoms with Gasteiger partial charge in [0.25, 0.3) is 5.91 Å². The van der Waals surface area contributed by atoms with Crippen LogP contribution in [-0.2, 0) is 0 Å². The molecule has 1 aliphatic rings. The Labute approximate surface area is 254 Å². The molecule has 1 fully saturated rings. The van der Waals surface area contributed by atoms with E-state index in [9.17, 15) is 14.7 Å². The molecular formula is C34H30ClN5O3. The van der Waals surface area contributed by atoms with Crippen molar-refractivity contribution >= 4 is 57.5 Å². The first-order valence-electron chi connectivity index (χ1n) is 14.0. The van der Waals surface area contributed by atoms with Crippen molar-refractivity contribution < 1.29 is 14.7 Å². The summed E-state index contributed by atoms with van der Waals surface area (Å²) < 4.78 is 0. The van der Waals surface area contributed by atoms with Gasteiger partial charge < -0.3 is 25.2 Å². The van der Waals surface area contributed by atoms with Crippen LogP contribution in [0.4, 0.5) is 17.1 Å². The second-order valence-corrected chi connectivity index (χ2v) is 11.0. The fraction of sp³-hybridized carbons (Fsp3) is 0.147. The molecule has 1 aliphatic heterocycles. The lowest BCUT2D eigenvalue weighted by atomic mass is 10.0. The molecule has 0 atom stereocenters. The standard InChI is InChI=1S/C34H30ClN5O3/c1-39-15-17-40(18-16-39)28-12-10-26(11-13-28)36-21-30-29-14-7-24(20-31(29)38-34(30)43)32(41)23-3-2-4-27(19-23)37-33(42)22-5-8-25(35)9-6-22/h2-14,19-21,38,43H,15-18H2,1H3,(H,37,42). The highest BCUT2D eigenvalue weighted by atomic mass is 35.5. The van der Waals surface area contributed by atoms with Gasteiger partial charge in [0.2, 0.25) is 0 Å². The summed E-state index contributed by atoms with van der Waals surface area (Å²) in [5.74, 6) is -0.539. The van der Waals surface area contributed by atoms with Gasteiger partial charge in [0.15, 0.2) is 11.7 Å². The Morgan fingerprint density at radius 1 is 0.884 bits per heavy atom. The van der Waals surface area contributed by atoms with E-state index in [1.54, 1.807) is 72.9 Å². The number of nitrogens with one attached hydrogen (secondary N) is 2. The van der Waals surface area contributed by atoms with Gasteiger partial charge in [0.1, 0.15) is 0 Å². The summed E-state index contributed by atoms with van der Waals surface area (Å²) in [5, 5.41) is 14.7. The van der Waals surface area contributed by atoms with Crippen LogP contribution in [0.5, 0.6) is 5.88 Å². The third-order valence-electron chi connectivity index (χ3n) is 7.63. The van der Waals surface area contributed by atoms with E-state index in [-0.39, 0.29) is 17.6 Å². The molecule has 43 heavy (non-hydrogen) atoms. The van der Waals surface area contributed by atoms with Crippen molar-refractivity contribution in [3.63, 3.8) is 0 Å². The fourth-order valence-corrected chi connectivity index (χ4v) is 5.27. The quantitative estimate of drug-likeness (QED) is 0.148. The van der Waals surface area contributed by atoms with Crippen LogP contribution in [0.2, 0.25) is 5.02 Å². The lowest BCUT2D eigenvalue weighted by molar-refractivity contribution is 0.102. The molecule has 6 rings (SSSR count). The molecule has 1 saturated heterocycles. The summed E-state index contributed by atoms with van der Waals surface area (Å²) >= 11 is 5.91. The van der Waals surface area contributed by atoms with Gasteiger partial charge in [-0.25, -0.2) is 0 Å². The van der Waals surface area contributed by atoms with Gasteiger partial charge in [-0.15, -0.1) is 0 Å². The predicted molar refractivity (Wildman–Crippen MR) is 173 cm³/mol. The number of aromatic amines is 1. The van der Waals surface area contributed by atoms with Crippen LogP contribution in [0.25, 0.3) is 10.9 Å². The summed E-state index contributed by atoms with van der Waals surface area (Å²) in [6.07, 6.45) is 1.63. The third kappa shape index (κ3) is 6.30. The molecule has 3 N–H and O–H groups in total. The van der Waals surface area contributed by atoms with Crippen molar-refractivity contribution in [3.05, 3.63) is 118 Å². The van der Waals surface area contributed by atoms with E-state index in [0.717, 1.165) is 37.3 Å². The minimum absolute atomic E-state index is 0.0238. The molecule has 0 spiro atoms. The summed E-state index contributed by atoms with van der Waals surface area (Å²) in [6.45, 7) is 4.09. The Bertz CT molecular complexity index is 1820. The number of rotatable bonds is 7. The number of carbonyl (C=O) groups is 2. The van der Waals surface area contributed by atoms with E-state index in [1.165, 1.54) is 5.69 Å². The molecule has 1 aromatic heterocycles. The topological polar surface area (TPSA) is 101 Å². The number of hydrogen-bond donors (Lipinski definition) is 3. The molecule has 0 unspecified atom stereocenters. The van der Waals surface area contributed by atoms with Gasteiger partial charge >= 0.3 is 0 Å². The number of aromatic nitrogens is 1. The zero-order chi connectivity index (χ0) is 29.9. The molecule has 1 amide bonds. The summed E-state index contributed by atoms with van der Waals surface area (Å²) in [6, 6.07) is 26.7. The fourth-order valence-electron chi connectivity index (χ4n) is 5.14. The molecule has 0 bridgehead atoms. The van der Waals surface area contributed by atoms with Crippen molar-refractivity contribution in [2.75, 3.05) is 43.4 Å². The number of hydrogen-bond acceptors (Lipinski definition) is 6. The summed E-state index contributed by atoms with van der Waals surface area (Å²) in [4.78, 5) is 38.2. The molecular weight excluding hydrogens is 562 g/mol. The molecule has 2 heterocycles. The molecule has 4 aromatic carbocycles. The van der Waals surface area contributed by atoms with Crippen LogP contribution in [0.1, 0.15) is 31.8 Å². The predicted octanol–water partition coefficient (Wildman–Crippen LogP) is 6.51. The number of likely N-dealkylation sites (N-methyl/N-ethyl adjacent to an activating group) is 1. The van der Waals surface area contributed by atoms with Crippen LogP contribution in [-0.4, -0.2) is 66.1 Å². The maximum atomic E-state index is 13.4. The molecule has 0 radical (unpaired) electrons. The number of ketones is 1. The Kier molecular flexibility index (Phi) is 7.96. The van der Waals surface area contributed by atoms with E-state index < -0.39 is 0 Å². The van der Waals surface area contributed by atoms with Crippen molar-refractivity contribution in [1.82, 2.24) is 9.88 Å². The zero-order valence-electron chi connectivity index (χ0n) is 23.5. The first-order valence-corrected chi connectivity index (χ1v) is 14.4. The first kappa shape index (κ1) is 28.2. The highest BCUT2D eigenvalue weighted by Crippen LogP contribution is 2.29. The van der Waals surface area contributed by atoms with Crippen LogP contribution in [0, 0.1) is 0 Å². The Morgan fingerprint density at radius 3 is 2.33 bits per heavy atom. The maximum Gasteiger partial charge on any atom is 0.255 e. The molecule has 0 saturated carbocycles. The molecule has 8 nitrogen and oxygen atoms in total. The lowest BCUT2D eigenvalue weighted by Gasteiger charge is -2.34. The number of aromatic hydroxyl groups is 1. The van der Waals surface area contributed by atoms with Crippen molar-refractivity contribution in [2.24, 2.45) is 4.99 Å². The number of H-pyrrole nitrogens is 1. The monoisotopic (exact) mass is 591 g/mol. The van der Waals surface area contributed by atoms with Gasteiger partial charge in [-0.05, 0) is 73.8 Å². The number of fused-ring (bicyclic) bond motifs is 1. The minimum atomic E-state index is -0.301. The van der Waals surface area contributed by atoms with E-state index >= 15 is 0 Å². The minimum Gasteiger partial charge on any atom is -0.494 e. The number of amides is 1. The Balaban J connectivity index is 1.17. The second-order valence-electron chi connectivity index (χ2n) is 10.6. The number of carbonyl (C=O) groups excluding carboxylic acids is 2. The van der Waals surface area contributed by atoms with E-state index in [1.807, 2.05) is 12.1 Å². The number of benzene rings is 4. The smallest absolute Gasteiger partial charge is 0.255 e. The van der Waals surface area contributed by atoms with E-state index in [2.05, 4.69) is 44.3 Å². The third-order valence-corrected chi connectivity index (χ3v) is 7.88. The van der Waals surface area contributed by atoms with Gasteiger partial charge in [0.05, 0.1) is 11.3 Å². The van der Waals surface area contributed by atoms with Gasteiger partial charge in [-0.2, -0.15) is 0 Å². The van der Waals surface area contributed by atoms with Crippen LogP contribution in [0.3, 0.4) is 0 Å². The highest BCUT2D eigenvalue weighted by molar-refractivity contribution is 6.30. The molecule has 0 aliphatic carbocycles. The normalized spacial score (nSPS) is 14.0. The van der Waals surface area contributed by atoms with Gasteiger partial charge in [-0.1, -0.05) is 35.9 Å². The number of anilines is 2. The molecule has 9 heteroatoms. The van der Waals surface area contributed by atoms with E-state index in [4.69, 9.17) is 11.6 Å². The van der Waals surface area contributed by atoms with Crippen LogP contribution >= 0.6 is 11.6 Å². The zero-order valence-corrected chi connectivity index (χ0v) is 24.3. The number of piperazine rings is 1. The Hall–Kier alpha value is -4.92. The first-order chi connectivity index (χ1) is 20.8. The molecule has 5 aromatic rings. The number of nitrogens with zero attached hydrogens (tertiary/aromatic N) is 3. The average molecular weight is 592 g/mol. The largest absolute Gasteiger partial charge is 0.494 e. The SMILES string of the molecule is CN1CCN(c2ccc(N=Cc3c(O)[nH]c4cc(C(=O)c5cccc(NC(=O)c6ccc(Cl)cc6)c5)ccc34)cc2)CC1. The van der Waals surface area contributed by atoms with Crippen LogP contribution < -0.4 is 10.2 Å². The highest BCUT2D eigenvalue weighted by Gasteiger charge is 2.16. The molecule has 216 valence electrons. The second kappa shape index (κ2) is 12.1. The number of halogens is 1. The van der Waals surface area contributed by atoms with Crippen LogP contribution in [0.15, 0.2) is 96.0 Å². The van der Waals surface area contributed by atoms with Gasteiger partial charge in [0, 0.05) is 76.4 Å². The average Bonchev–Trinajstić information content (AvgIpc) is 3.34. The van der Waals surface area contributed by atoms with E-state index in [0.29, 0.717) is 38.5 Å². The van der Waals surface area contributed by atoms with Gasteiger partial charge in [-0.3, -0.25) is 14.6 Å². The van der Waals surface area contributed by atoms with Crippen molar-refractivity contribution in [1.29, 1.82) is 0 Å². The maximum absolute atomic E-state index is 13.4. The van der Waals surface area contributed by atoms with Crippen molar-refractivity contribution in [2.45, 2.75) is 0 Å². The van der Waals surface area contributed by atoms with Crippen molar-refractivity contribution in [3.8, 4) is 5.88 Å². The Morgan fingerprint density at radius 2 is 1.58 bits per heavy atom.